The zero-order valence-electron chi connectivity index (χ0n) is 10.8. The molecule has 5 heteroatoms. The van der Waals surface area contributed by atoms with Crippen molar-refractivity contribution in [2.75, 3.05) is 0 Å². The van der Waals surface area contributed by atoms with Crippen LogP contribution in [0.2, 0.25) is 0 Å². The number of H-pyrrole nitrogens is 1. The highest BCUT2D eigenvalue weighted by atomic mass is 16.2. The first kappa shape index (κ1) is 11.0. The number of amides is 1. The van der Waals surface area contributed by atoms with E-state index in [2.05, 4.69) is 15.2 Å². The molecule has 0 spiro atoms. The second-order valence-corrected chi connectivity index (χ2v) is 4.82. The summed E-state index contributed by atoms with van der Waals surface area (Å²) in [7, 11) is 0. The van der Waals surface area contributed by atoms with Crippen LogP contribution < -0.4 is 4.57 Å². The van der Waals surface area contributed by atoms with Crippen molar-refractivity contribution in [2.24, 2.45) is 10.2 Å². The van der Waals surface area contributed by atoms with Crippen molar-refractivity contribution in [1.29, 1.82) is 0 Å². The fourth-order valence-electron chi connectivity index (χ4n) is 2.60. The molecule has 3 aromatic rings. The van der Waals surface area contributed by atoms with E-state index < -0.39 is 0 Å². The maximum atomic E-state index is 11.9. The number of aromatic amines is 1. The Hall–Kier alpha value is -2.82. The summed E-state index contributed by atoms with van der Waals surface area (Å²) in [4.78, 5) is 15.1. The summed E-state index contributed by atoms with van der Waals surface area (Å²) >= 11 is 0. The van der Waals surface area contributed by atoms with Gasteiger partial charge in [0.25, 0.3) is 0 Å². The van der Waals surface area contributed by atoms with Crippen LogP contribution in [-0.4, -0.2) is 11.0 Å². The smallest absolute Gasteiger partial charge is 0.361 e. The van der Waals surface area contributed by atoms with E-state index in [9.17, 15) is 4.79 Å². The Morgan fingerprint density at radius 3 is 2.85 bits per heavy atom. The lowest BCUT2D eigenvalue weighted by Gasteiger charge is -2.06. The topological polar surface area (TPSA) is 61.5 Å². The van der Waals surface area contributed by atoms with Gasteiger partial charge in [0.15, 0.2) is 0 Å². The minimum Gasteiger partial charge on any atom is -0.361 e. The van der Waals surface area contributed by atoms with Gasteiger partial charge in [-0.1, -0.05) is 12.1 Å². The number of hydrogen-bond acceptors (Lipinski definition) is 2. The summed E-state index contributed by atoms with van der Waals surface area (Å²) < 4.78 is 1.55. The number of azo groups is 1. The molecule has 5 nitrogen and oxygen atoms in total. The Kier molecular flexibility index (Phi) is 2.12. The van der Waals surface area contributed by atoms with E-state index in [-0.39, 0.29) is 6.03 Å². The fourth-order valence-corrected chi connectivity index (χ4v) is 2.60. The van der Waals surface area contributed by atoms with Crippen LogP contribution in [0.4, 0.5) is 10.6 Å². The van der Waals surface area contributed by atoms with Crippen molar-refractivity contribution in [3.05, 3.63) is 48.2 Å². The van der Waals surface area contributed by atoms with Gasteiger partial charge in [0, 0.05) is 28.9 Å². The van der Waals surface area contributed by atoms with E-state index in [1.165, 1.54) is 0 Å². The van der Waals surface area contributed by atoms with Gasteiger partial charge in [-0.25, -0.2) is 4.79 Å². The molecule has 0 radical (unpaired) electrons. The third-order valence-electron chi connectivity index (χ3n) is 3.58. The molecule has 4 rings (SSSR count). The fraction of sp³-hybridized carbons (Fsp3) is 0.0667. The first-order valence-corrected chi connectivity index (χ1v) is 6.33. The molecule has 96 valence electrons. The van der Waals surface area contributed by atoms with Crippen LogP contribution in [0.15, 0.2) is 52.8 Å². The molecular weight excluding hydrogens is 252 g/mol. The van der Waals surface area contributed by atoms with E-state index in [0.29, 0.717) is 5.82 Å². The van der Waals surface area contributed by atoms with Gasteiger partial charge in [0.1, 0.15) is 10.6 Å². The molecule has 0 saturated heterocycles. The molecule has 3 heterocycles. The molecule has 0 saturated carbocycles. The number of benzene rings is 1. The van der Waals surface area contributed by atoms with Crippen molar-refractivity contribution in [3.63, 3.8) is 0 Å². The average molecular weight is 263 g/mol. The third-order valence-corrected chi connectivity index (χ3v) is 3.58. The van der Waals surface area contributed by atoms with Crippen molar-refractivity contribution in [3.8, 4) is 11.3 Å². The molecule has 1 aromatic carbocycles. The predicted octanol–water partition coefficient (Wildman–Crippen LogP) is 3.50. The SMILES string of the molecule is Cc1cc2[n+](c3cc(-c4ccc[nH]4)ccc13)C(=O)N=N2. The number of aromatic nitrogens is 2. The van der Waals surface area contributed by atoms with Gasteiger partial charge in [0.2, 0.25) is 0 Å². The molecule has 0 atom stereocenters. The lowest BCUT2D eigenvalue weighted by atomic mass is 10.1. The Balaban J connectivity index is 2.07. The number of carbonyl (C=O) groups excluding carboxylic acids is 1. The lowest BCUT2D eigenvalue weighted by molar-refractivity contribution is -0.521. The average Bonchev–Trinajstić information content (AvgIpc) is 3.09. The Bertz CT molecular complexity index is 879. The molecule has 2 aromatic heterocycles. The van der Waals surface area contributed by atoms with E-state index >= 15 is 0 Å². The maximum absolute atomic E-state index is 11.9. The van der Waals surface area contributed by atoms with Crippen LogP contribution in [-0.2, 0) is 0 Å². The van der Waals surface area contributed by atoms with Crippen LogP contribution in [0.25, 0.3) is 22.2 Å². The number of pyridine rings is 1. The highest BCUT2D eigenvalue weighted by molar-refractivity contribution is 5.88. The zero-order chi connectivity index (χ0) is 13.7. The van der Waals surface area contributed by atoms with Crippen molar-refractivity contribution in [1.82, 2.24) is 4.98 Å². The van der Waals surface area contributed by atoms with Crippen molar-refractivity contribution in [2.45, 2.75) is 6.92 Å². The molecule has 1 aliphatic heterocycles. The summed E-state index contributed by atoms with van der Waals surface area (Å²) in [6.07, 6.45) is 1.88. The van der Waals surface area contributed by atoms with Crippen molar-refractivity contribution >= 4 is 22.8 Å². The third kappa shape index (κ3) is 1.43. The van der Waals surface area contributed by atoms with E-state index in [0.717, 1.165) is 27.7 Å². The van der Waals surface area contributed by atoms with Crippen LogP contribution in [0, 0.1) is 6.92 Å². The Morgan fingerprint density at radius 2 is 2.05 bits per heavy atom. The normalized spacial score (nSPS) is 13.2. The summed E-state index contributed by atoms with van der Waals surface area (Å²) in [5, 5.41) is 8.58. The van der Waals surface area contributed by atoms with Gasteiger partial charge in [0.05, 0.1) is 5.11 Å². The molecule has 0 bridgehead atoms. The first-order chi connectivity index (χ1) is 9.74. The summed E-state index contributed by atoms with van der Waals surface area (Å²) in [6, 6.07) is 11.5. The van der Waals surface area contributed by atoms with Gasteiger partial charge in [-0.05, 0) is 30.7 Å². The summed E-state index contributed by atoms with van der Waals surface area (Å²) in [5.74, 6) is 0.587. The molecule has 0 unspecified atom stereocenters. The summed E-state index contributed by atoms with van der Waals surface area (Å²) in [6.45, 7) is 2.01. The predicted molar refractivity (Wildman–Crippen MR) is 74.0 cm³/mol. The molecule has 1 aliphatic rings. The van der Waals surface area contributed by atoms with E-state index in [1.54, 1.807) is 4.57 Å². The first-order valence-electron chi connectivity index (χ1n) is 6.33. The van der Waals surface area contributed by atoms with Gasteiger partial charge in [-0.15, -0.1) is 0 Å². The highest BCUT2D eigenvalue weighted by Crippen LogP contribution is 2.27. The number of aryl methyl sites for hydroxylation is 1. The van der Waals surface area contributed by atoms with E-state index in [4.69, 9.17) is 0 Å². The monoisotopic (exact) mass is 263 g/mol. The van der Waals surface area contributed by atoms with Gasteiger partial charge in [-0.3, -0.25) is 0 Å². The number of nitrogens with zero attached hydrogens (tertiary/aromatic N) is 3. The molecule has 0 fully saturated rings. The second-order valence-electron chi connectivity index (χ2n) is 4.82. The number of carbonyl (C=O) groups is 1. The highest BCUT2D eigenvalue weighted by Gasteiger charge is 2.30. The van der Waals surface area contributed by atoms with Crippen molar-refractivity contribution < 1.29 is 9.36 Å². The van der Waals surface area contributed by atoms with Gasteiger partial charge >= 0.3 is 11.8 Å². The Morgan fingerprint density at radius 1 is 1.15 bits per heavy atom. The minimum absolute atomic E-state index is 0.339. The minimum atomic E-state index is -0.339. The summed E-state index contributed by atoms with van der Waals surface area (Å²) in [5.41, 5.74) is 3.96. The van der Waals surface area contributed by atoms with Crippen LogP contribution >= 0.6 is 0 Å². The second kappa shape index (κ2) is 3.84. The van der Waals surface area contributed by atoms with Crippen LogP contribution in [0.3, 0.4) is 0 Å². The molecule has 1 N–H and O–H groups in total. The lowest BCUT2D eigenvalue weighted by Crippen LogP contribution is -2.38. The molecular formula is C15H11N4O+. The van der Waals surface area contributed by atoms with Crippen LogP contribution in [0.1, 0.15) is 5.56 Å². The standard InChI is InChI=1S/C15H10N4O/c1-9-7-14-17-18-15(20)19(14)13-8-10(4-5-11(9)13)12-3-2-6-16-12/h2-8H,1H3/p+1. The zero-order valence-corrected chi connectivity index (χ0v) is 10.8. The number of fused-ring (bicyclic) bond motifs is 3. The quantitative estimate of drug-likeness (QED) is 0.671. The number of rotatable bonds is 1. The molecule has 0 aliphatic carbocycles. The number of hydrogen-bond donors (Lipinski definition) is 1. The number of nitrogens with one attached hydrogen (secondary N) is 1. The molecule has 1 amide bonds. The largest absolute Gasteiger partial charge is 0.518 e. The molecule has 20 heavy (non-hydrogen) atoms. The Labute approximate surface area is 114 Å². The van der Waals surface area contributed by atoms with Gasteiger partial charge in [-0.2, -0.15) is 4.57 Å². The maximum Gasteiger partial charge on any atom is 0.518 e. The van der Waals surface area contributed by atoms with Gasteiger partial charge < -0.3 is 4.98 Å². The van der Waals surface area contributed by atoms with Crippen LogP contribution in [0.5, 0.6) is 0 Å². The van der Waals surface area contributed by atoms with E-state index in [1.807, 2.05) is 49.5 Å².